The van der Waals surface area contributed by atoms with Crippen molar-refractivity contribution in [3.8, 4) is 17.2 Å². The normalized spacial score (nSPS) is 16.8. The van der Waals surface area contributed by atoms with Gasteiger partial charge in [0.25, 0.3) is 23.6 Å². The maximum absolute atomic E-state index is 14.4. The van der Waals surface area contributed by atoms with Gasteiger partial charge in [0, 0.05) is 80.3 Å². The van der Waals surface area contributed by atoms with Crippen LogP contribution in [0.1, 0.15) is 92.6 Å². The maximum Gasteiger partial charge on any atom is 0.333 e. The second-order valence-electron chi connectivity index (χ2n) is 20.2. The predicted molar refractivity (Wildman–Crippen MR) is 295 cm³/mol. The summed E-state index contributed by atoms with van der Waals surface area (Å²) in [6.45, 7) is 4.32. The number of methoxy groups -OCH3 is 2. The Morgan fingerprint density at radius 3 is 1.98 bits per heavy atom. The van der Waals surface area contributed by atoms with Gasteiger partial charge in [0.1, 0.15) is 19.0 Å². The summed E-state index contributed by atoms with van der Waals surface area (Å²) in [6.07, 6.45) is 4.52. The molecule has 5 aromatic rings. The van der Waals surface area contributed by atoms with Crippen LogP contribution in [0.15, 0.2) is 96.0 Å². The number of hydrogen-bond acceptors (Lipinski definition) is 15. The van der Waals surface area contributed by atoms with Crippen LogP contribution < -0.4 is 28.9 Å². The van der Waals surface area contributed by atoms with E-state index < -0.39 is 17.8 Å². The first-order valence-electron chi connectivity index (χ1n) is 27.2. The van der Waals surface area contributed by atoms with Gasteiger partial charge in [0.15, 0.2) is 11.5 Å². The van der Waals surface area contributed by atoms with Crippen LogP contribution in [0.3, 0.4) is 0 Å². The van der Waals surface area contributed by atoms with E-state index in [0.717, 1.165) is 40.9 Å². The number of benzene rings is 5. The lowest BCUT2D eigenvalue weighted by molar-refractivity contribution is -0.197. The molecule has 1 saturated heterocycles. The summed E-state index contributed by atoms with van der Waals surface area (Å²) >= 11 is 0. The number of para-hydroxylation sites is 2. The summed E-state index contributed by atoms with van der Waals surface area (Å²) in [5, 5.41) is 0.508. The van der Waals surface area contributed by atoms with E-state index in [2.05, 4.69) is 6.07 Å². The van der Waals surface area contributed by atoms with Crippen molar-refractivity contribution in [1.29, 1.82) is 0 Å². The van der Waals surface area contributed by atoms with Crippen molar-refractivity contribution in [1.82, 2.24) is 5.06 Å². The molecular formula is C61H65N5O14. The average Bonchev–Trinajstić information content (AvgIpc) is 4.13. The molecule has 0 bridgehead atoms. The molecule has 2 atom stereocenters. The Balaban J connectivity index is 0.908. The highest BCUT2D eigenvalue weighted by Gasteiger charge is 2.39. The number of carbonyl (C=O) groups is 6. The molecule has 0 spiro atoms. The quantitative estimate of drug-likeness (QED) is 0.0405. The van der Waals surface area contributed by atoms with Crippen molar-refractivity contribution in [2.45, 2.75) is 90.0 Å². The van der Waals surface area contributed by atoms with Gasteiger partial charge in [-0.3, -0.25) is 33.9 Å². The van der Waals surface area contributed by atoms with E-state index in [-0.39, 0.29) is 94.9 Å². The Hall–Kier alpha value is -7.97. The first-order valence-corrected chi connectivity index (χ1v) is 27.2. The van der Waals surface area contributed by atoms with Crippen molar-refractivity contribution in [3.63, 3.8) is 0 Å². The monoisotopic (exact) mass is 1090 g/mol. The second kappa shape index (κ2) is 25.4. The van der Waals surface area contributed by atoms with Gasteiger partial charge in [-0.2, -0.15) is 0 Å². The Labute approximate surface area is 464 Å². The summed E-state index contributed by atoms with van der Waals surface area (Å²) in [5.74, 6) is -1.25. The topological polar surface area (TPSA) is 202 Å². The number of anilines is 3. The first-order chi connectivity index (χ1) is 39.0. The molecule has 5 amide bonds. The summed E-state index contributed by atoms with van der Waals surface area (Å²) in [4.78, 5) is 95.6. The number of imide groups is 1. The van der Waals surface area contributed by atoms with Gasteiger partial charge in [0.05, 0.1) is 77.1 Å². The molecule has 19 heteroatoms. The van der Waals surface area contributed by atoms with Gasteiger partial charge < -0.3 is 47.8 Å². The molecule has 0 radical (unpaired) electrons. The number of aryl methyl sites for hydroxylation is 2. The highest BCUT2D eigenvalue weighted by Crippen LogP contribution is 2.42. The molecule has 19 nitrogen and oxygen atoms in total. The first kappa shape index (κ1) is 55.3. The predicted octanol–water partition coefficient (Wildman–Crippen LogP) is 7.77. The summed E-state index contributed by atoms with van der Waals surface area (Å²) in [7, 11) is 3.11. The molecule has 418 valence electrons. The minimum atomic E-state index is -0.793. The Kier molecular flexibility index (Phi) is 17.6. The van der Waals surface area contributed by atoms with Crippen molar-refractivity contribution in [2.75, 3.05) is 81.7 Å². The van der Waals surface area contributed by atoms with Crippen LogP contribution in [0.25, 0.3) is 0 Å². The molecule has 5 heterocycles. The number of hydroxylamine groups is 2. The van der Waals surface area contributed by atoms with Crippen LogP contribution in [-0.2, 0) is 75.4 Å². The number of amides is 5. The molecule has 5 aliphatic heterocycles. The van der Waals surface area contributed by atoms with Crippen molar-refractivity contribution in [3.05, 3.63) is 136 Å². The molecule has 0 aliphatic carbocycles. The molecule has 0 unspecified atom stereocenters. The number of aliphatic imine (C=N–C) groups is 1. The fourth-order valence-electron chi connectivity index (χ4n) is 10.8. The van der Waals surface area contributed by atoms with E-state index in [1.165, 1.54) is 12.7 Å². The van der Waals surface area contributed by atoms with Crippen LogP contribution in [0, 0.1) is 6.92 Å². The molecule has 5 aliphatic rings. The number of fused-ring (bicyclic) bond motifs is 8. The van der Waals surface area contributed by atoms with E-state index >= 15 is 0 Å². The molecule has 5 aromatic carbocycles. The third-order valence-corrected chi connectivity index (χ3v) is 14.8. The van der Waals surface area contributed by atoms with Gasteiger partial charge in [-0.05, 0) is 115 Å². The lowest BCUT2D eigenvalue weighted by atomic mass is 9.98. The number of hydrogen-bond donors (Lipinski definition) is 0. The fourth-order valence-corrected chi connectivity index (χ4v) is 10.8. The summed E-state index contributed by atoms with van der Waals surface area (Å²) in [5.41, 5.74) is 8.98. The SMILES string of the molecule is COCCOCCOCCOCCC(=O)N(CCCC(=O)ON1C(=O)CCC1=O)c1cc(COc2cc3c(cc2C)C(=O)N2c4ccccc4C[C@H]2CC3)cc(COc2cc3c(cc2OC)C(=O)N2c4ccccc4C[C@H]2C=N3)c1. The summed E-state index contributed by atoms with van der Waals surface area (Å²) in [6, 6.07) is 28.5. The van der Waals surface area contributed by atoms with Crippen LogP contribution in [-0.4, -0.2) is 126 Å². The van der Waals surface area contributed by atoms with Gasteiger partial charge in [-0.1, -0.05) is 36.4 Å². The van der Waals surface area contributed by atoms with E-state index in [0.29, 0.717) is 102 Å². The van der Waals surface area contributed by atoms with Crippen LogP contribution in [0.5, 0.6) is 17.2 Å². The minimum Gasteiger partial charge on any atom is -0.493 e. The van der Waals surface area contributed by atoms with Gasteiger partial charge in [0.2, 0.25) is 5.91 Å². The Morgan fingerprint density at radius 1 is 0.637 bits per heavy atom. The second-order valence-corrected chi connectivity index (χ2v) is 20.2. The van der Waals surface area contributed by atoms with Crippen molar-refractivity contribution >= 4 is 64.5 Å². The van der Waals surface area contributed by atoms with E-state index in [9.17, 15) is 28.8 Å². The molecular weight excluding hydrogens is 1030 g/mol. The number of ether oxygens (including phenoxy) is 7. The molecule has 0 aromatic heterocycles. The van der Waals surface area contributed by atoms with Crippen LogP contribution in [0.2, 0.25) is 0 Å². The highest BCUT2D eigenvalue weighted by atomic mass is 16.7. The van der Waals surface area contributed by atoms with Crippen molar-refractivity contribution in [2.24, 2.45) is 4.99 Å². The largest absolute Gasteiger partial charge is 0.493 e. The molecule has 10 rings (SSSR count). The maximum atomic E-state index is 14.4. The lowest BCUT2D eigenvalue weighted by Crippen LogP contribution is -2.37. The average molecular weight is 1090 g/mol. The third kappa shape index (κ3) is 12.4. The molecule has 0 saturated carbocycles. The zero-order valence-electron chi connectivity index (χ0n) is 45.3. The van der Waals surface area contributed by atoms with E-state index in [1.54, 1.807) is 35.3 Å². The number of rotatable bonds is 25. The molecule has 1 fully saturated rings. The smallest absolute Gasteiger partial charge is 0.333 e. The Morgan fingerprint density at radius 2 is 1.27 bits per heavy atom. The fraction of sp³-hybridized carbons (Fsp3) is 0.393. The molecule has 0 N–H and O–H groups in total. The third-order valence-electron chi connectivity index (χ3n) is 14.8. The van der Waals surface area contributed by atoms with Crippen LogP contribution in [0.4, 0.5) is 22.7 Å². The summed E-state index contributed by atoms with van der Waals surface area (Å²) < 4.78 is 40.9. The van der Waals surface area contributed by atoms with Gasteiger partial charge >= 0.3 is 5.97 Å². The Bertz CT molecular complexity index is 3180. The highest BCUT2D eigenvalue weighted by molar-refractivity contribution is 6.15. The zero-order valence-corrected chi connectivity index (χ0v) is 45.3. The van der Waals surface area contributed by atoms with E-state index in [1.807, 2.05) is 84.6 Å². The number of nitrogens with zero attached hydrogens (tertiary/aromatic N) is 5. The van der Waals surface area contributed by atoms with E-state index in [4.69, 9.17) is 43.0 Å². The van der Waals surface area contributed by atoms with Gasteiger partial charge in [-0.25, -0.2) is 4.79 Å². The minimum absolute atomic E-state index is 0.0237. The zero-order chi connectivity index (χ0) is 55.7. The molecule has 80 heavy (non-hydrogen) atoms. The van der Waals surface area contributed by atoms with Crippen molar-refractivity contribution < 1.29 is 66.8 Å². The lowest BCUT2D eigenvalue weighted by Gasteiger charge is -2.25. The van der Waals surface area contributed by atoms with Gasteiger partial charge in [-0.15, -0.1) is 5.06 Å². The standard InChI is InChI=1S/C61H65N5O14/c1-39-27-48-42(14-15-45-31-43-9-4-6-11-51(43)64(45)60(48)71)33-53(39)78-37-40-28-41(38-79-55-35-50-49(34-54(55)74-3)61(72)65-47(36-62-50)32-44-10-5-7-12-52(44)65)30-46(29-40)63(19-8-13-59(70)80-66-57(68)16-17-58(66)69)56(67)18-20-75-23-24-77-26-25-76-22-21-73-2/h4-7,9-12,27-30,33-36,45,47H,8,13-26,31-32,37-38H2,1-3H3/t45-,47+/m1/s1. The van der Waals surface area contributed by atoms with Crippen LogP contribution >= 0.6 is 0 Å². The number of carbonyl (C=O) groups excluding carboxylic acids is 6.